The Bertz CT molecular complexity index is 1230. The third-order valence-electron chi connectivity index (χ3n) is 6.65. The Morgan fingerprint density at radius 3 is 2.88 bits per heavy atom. The van der Waals surface area contributed by atoms with E-state index in [1.807, 2.05) is 32.0 Å². The Labute approximate surface area is 185 Å². The van der Waals surface area contributed by atoms with E-state index in [9.17, 15) is 14.0 Å². The molecule has 1 N–H and O–H groups in total. The molecule has 168 valence electrons. The zero-order chi connectivity index (χ0) is 22.4. The van der Waals surface area contributed by atoms with Gasteiger partial charge >= 0.3 is 0 Å². The molecule has 5 rings (SSSR count). The monoisotopic (exact) mass is 437 g/mol. The Kier molecular flexibility index (Phi) is 5.33. The van der Waals surface area contributed by atoms with Gasteiger partial charge in [0.1, 0.15) is 5.82 Å². The van der Waals surface area contributed by atoms with Crippen LogP contribution in [0, 0.1) is 11.7 Å². The second kappa shape index (κ2) is 8.16. The van der Waals surface area contributed by atoms with E-state index in [0.29, 0.717) is 48.5 Å². The van der Waals surface area contributed by atoms with Gasteiger partial charge in [-0.05, 0) is 31.9 Å². The lowest BCUT2D eigenvalue weighted by Crippen LogP contribution is -2.41. The fourth-order valence-corrected chi connectivity index (χ4v) is 4.95. The predicted molar refractivity (Wildman–Crippen MR) is 119 cm³/mol. The van der Waals surface area contributed by atoms with Crippen molar-refractivity contribution in [3.63, 3.8) is 0 Å². The molecule has 32 heavy (non-hydrogen) atoms. The lowest BCUT2D eigenvalue weighted by atomic mass is 10.0. The maximum Gasteiger partial charge on any atom is 0.276 e. The smallest absolute Gasteiger partial charge is 0.276 e. The first-order chi connectivity index (χ1) is 15.4. The molecule has 1 fully saturated rings. The van der Waals surface area contributed by atoms with Gasteiger partial charge in [0.05, 0.1) is 24.0 Å². The summed E-state index contributed by atoms with van der Waals surface area (Å²) in [4.78, 5) is 34.4. The van der Waals surface area contributed by atoms with E-state index in [2.05, 4.69) is 10.00 Å². The van der Waals surface area contributed by atoms with Gasteiger partial charge in [-0.25, -0.2) is 13.9 Å². The average molecular weight is 438 g/mol. The van der Waals surface area contributed by atoms with Gasteiger partial charge < -0.3 is 4.90 Å². The third kappa shape index (κ3) is 3.62. The number of carbonyl (C=O) groups excluding carboxylic acids is 1. The van der Waals surface area contributed by atoms with Crippen LogP contribution in [0.25, 0.3) is 5.65 Å². The highest BCUT2D eigenvalue weighted by atomic mass is 19.1. The van der Waals surface area contributed by atoms with Crippen LogP contribution < -0.4 is 5.56 Å². The molecule has 0 bridgehead atoms. The second-order valence-corrected chi connectivity index (χ2v) is 9.13. The number of nitrogens with one attached hydrogen (secondary N) is 1. The van der Waals surface area contributed by atoms with Crippen LogP contribution in [0.4, 0.5) is 4.39 Å². The van der Waals surface area contributed by atoms with Gasteiger partial charge in [0, 0.05) is 36.2 Å². The molecule has 4 heterocycles. The summed E-state index contributed by atoms with van der Waals surface area (Å²) in [5.74, 6) is -0.189. The van der Waals surface area contributed by atoms with E-state index in [-0.39, 0.29) is 29.2 Å². The number of aromatic nitrogens is 3. The van der Waals surface area contributed by atoms with Gasteiger partial charge in [-0.1, -0.05) is 32.0 Å². The maximum absolute atomic E-state index is 14.2. The number of hydrogen-bond acceptors (Lipinski definition) is 4. The number of likely N-dealkylation sites (tertiary alicyclic amines) is 1. The molecule has 1 amide bonds. The van der Waals surface area contributed by atoms with Gasteiger partial charge in [-0.2, -0.15) is 0 Å². The molecule has 0 radical (unpaired) electrons. The number of nitrogens with zero attached hydrogens (tertiary/aromatic N) is 4. The topological polar surface area (TPSA) is 73.7 Å². The van der Waals surface area contributed by atoms with Gasteiger partial charge in [0.2, 0.25) is 5.91 Å². The lowest BCUT2D eigenvalue weighted by Gasteiger charge is -2.29. The standard InChI is InChI=1S/C24H28FN5O2/c1-15(2)23(31)29-11-9-17-20(14-29)26-22-12-19(27-30(22)24(17)32)21-8-5-10-28(21)13-16-6-3-4-7-18(16)25/h3-4,6-7,12,15,21,27H,5,8-11,13-14H2,1-2H3/t21-/m0/s1. The molecular weight excluding hydrogens is 409 g/mol. The van der Waals surface area contributed by atoms with Crippen molar-refractivity contribution in [1.82, 2.24) is 24.4 Å². The normalized spacial score (nSPS) is 19.1. The van der Waals surface area contributed by atoms with Crippen LogP contribution in [-0.2, 0) is 24.3 Å². The first kappa shape index (κ1) is 20.9. The summed E-state index contributed by atoms with van der Waals surface area (Å²) in [6, 6.07) is 8.87. The number of rotatable bonds is 4. The average Bonchev–Trinajstić information content (AvgIpc) is 3.41. The zero-order valence-corrected chi connectivity index (χ0v) is 18.5. The van der Waals surface area contributed by atoms with Crippen LogP contribution in [0.15, 0.2) is 35.1 Å². The number of hydrogen-bond donors (Lipinski definition) is 1. The van der Waals surface area contributed by atoms with E-state index in [1.165, 1.54) is 10.6 Å². The van der Waals surface area contributed by atoms with Gasteiger partial charge in [0.15, 0.2) is 5.65 Å². The first-order valence-electron chi connectivity index (χ1n) is 11.3. The minimum absolute atomic E-state index is 0.0757. The van der Waals surface area contributed by atoms with Crippen LogP contribution in [-0.4, -0.2) is 43.4 Å². The van der Waals surface area contributed by atoms with Crippen molar-refractivity contribution in [2.45, 2.75) is 52.2 Å². The number of fused-ring (bicyclic) bond motifs is 2. The first-order valence-corrected chi connectivity index (χ1v) is 11.3. The van der Waals surface area contributed by atoms with Gasteiger partial charge in [0.25, 0.3) is 5.56 Å². The Hall–Kier alpha value is -3.00. The van der Waals surface area contributed by atoms with Crippen molar-refractivity contribution in [3.8, 4) is 0 Å². The fraction of sp³-hybridized carbons (Fsp3) is 0.458. The van der Waals surface area contributed by atoms with Gasteiger partial charge in [-0.15, -0.1) is 0 Å². The minimum Gasteiger partial charge on any atom is -0.336 e. The number of aromatic amines is 1. The molecule has 0 unspecified atom stereocenters. The Balaban J connectivity index is 1.45. The quantitative estimate of drug-likeness (QED) is 0.681. The van der Waals surface area contributed by atoms with E-state index in [0.717, 1.165) is 25.1 Å². The van der Waals surface area contributed by atoms with Crippen molar-refractivity contribution in [1.29, 1.82) is 0 Å². The SMILES string of the molecule is CC(C)C(=O)N1CCc2c(nc3cc([C@@H]4CCCN4Cc4ccccc4F)[nH]n3c2=O)C1. The van der Waals surface area contributed by atoms with Gasteiger partial charge in [-0.3, -0.25) is 19.6 Å². The van der Waals surface area contributed by atoms with Crippen LogP contribution >= 0.6 is 0 Å². The van der Waals surface area contributed by atoms with E-state index < -0.39 is 0 Å². The summed E-state index contributed by atoms with van der Waals surface area (Å²) in [6.45, 7) is 6.09. The number of H-pyrrole nitrogens is 1. The summed E-state index contributed by atoms with van der Waals surface area (Å²) in [7, 11) is 0. The molecule has 1 saturated heterocycles. The number of benzene rings is 1. The van der Waals surface area contributed by atoms with Crippen molar-refractivity contribution in [2.75, 3.05) is 13.1 Å². The molecule has 0 spiro atoms. The molecule has 1 aromatic carbocycles. The Morgan fingerprint density at radius 2 is 2.09 bits per heavy atom. The van der Waals surface area contributed by atoms with E-state index >= 15 is 0 Å². The molecule has 7 nitrogen and oxygen atoms in total. The molecule has 2 aliphatic heterocycles. The third-order valence-corrected chi connectivity index (χ3v) is 6.65. The van der Waals surface area contributed by atoms with E-state index in [1.54, 1.807) is 11.0 Å². The summed E-state index contributed by atoms with van der Waals surface area (Å²) in [6.07, 6.45) is 2.46. The summed E-state index contributed by atoms with van der Waals surface area (Å²) in [5.41, 5.74) is 3.44. The summed E-state index contributed by atoms with van der Waals surface area (Å²) >= 11 is 0. The fourth-order valence-electron chi connectivity index (χ4n) is 4.95. The highest BCUT2D eigenvalue weighted by molar-refractivity contribution is 5.78. The highest BCUT2D eigenvalue weighted by Crippen LogP contribution is 2.33. The number of amides is 1. The number of halogens is 1. The number of carbonyl (C=O) groups is 1. The summed E-state index contributed by atoms with van der Waals surface area (Å²) < 4.78 is 15.7. The van der Waals surface area contributed by atoms with Crippen molar-refractivity contribution >= 4 is 11.6 Å². The second-order valence-electron chi connectivity index (χ2n) is 9.13. The van der Waals surface area contributed by atoms with E-state index in [4.69, 9.17) is 4.98 Å². The molecule has 0 aliphatic carbocycles. The summed E-state index contributed by atoms with van der Waals surface area (Å²) in [5, 5.41) is 3.26. The van der Waals surface area contributed by atoms with Crippen molar-refractivity contribution in [2.24, 2.45) is 5.92 Å². The molecule has 3 aromatic rings. The molecule has 2 aliphatic rings. The van der Waals surface area contributed by atoms with Crippen molar-refractivity contribution < 1.29 is 9.18 Å². The Morgan fingerprint density at radius 1 is 1.28 bits per heavy atom. The molecule has 8 heteroatoms. The highest BCUT2D eigenvalue weighted by Gasteiger charge is 2.30. The predicted octanol–water partition coefficient (Wildman–Crippen LogP) is 3.04. The van der Waals surface area contributed by atoms with Crippen LogP contribution in [0.2, 0.25) is 0 Å². The van der Waals surface area contributed by atoms with Crippen LogP contribution in [0.5, 0.6) is 0 Å². The zero-order valence-electron chi connectivity index (χ0n) is 18.5. The minimum atomic E-state index is -0.194. The van der Waals surface area contributed by atoms with Crippen molar-refractivity contribution in [3.05, 3.63) is 69.0 Å². The lowest BCUT2D eigenvalue weighted by molar-refractivity contribution is -0.135. The largest absolute Gasteiger partial charge is 0.336 e. The molecule has 0 saturated carbocycles. The molecule has 2 aromatic heterocycles. The van der Waals surface area contributed by atoms with Crippen LogP contribution in [0.3, 0.4) is 0 Å². The molecular formula is C24H28FN5O2. The molecule has 1 atom stereocenters. The van der Waals surface area contributed by atoms with Crippen LogP contribution in [0.1, 0.15) is 55.2 Å². The maximum atomic E-state index is 14.2.